The quantitative estimate of drug-likeness (QED) is 0.842. The van der Waals surface area contributed by atoms with Gasteiger partial charge in [-0.1, -0.05) is 12.1 Å². The Balaban J connectivity index is 1.41. The molecule has 0 unspecified atom stereocenters. The van der Waals surface area contributed by atoms with E-state index in [1.165, 1.54) is 0 Å². The minimum Gasteiger partial charge on any atom is -0.440 e. The third kappa shape index (κ3) is 3.01. The average Bonchev–Trinajstić information content (AvgIpc) is 3.28. The van der Waals surface area contributed by atoms with Crippen LogP contribution in [-0.4, -0.2) is 52.3 Å². The predicted octanol–water partition coefficient (Wildman–Crippen LogP) is 2.54. The maximum atomic E-state index is 12.8. The highest BCUT2D eigenvalue weighted by Gasteiger charge is 2.37. The summed E-state index contributed by atoms with van der Waals surface area (Å²) in [6, 6.07) is 7.52. The fourth-order valence-corrected chi connectivity index (χ4v) is 4.02. The number of para-hydroxylation sites is 2. The second kappa shape index (κ2) is 6.50. The Morgan fingerprint density at radius 1 is 1.12 bits per heavy atom. The van der Waals surface area contributed by atoms with Crippen LogP contribution >= 0.6 is 0 Å². The fraction of sp³-hybridized carbons (Fsp3) is 0.526. The summed E-state index contributed by atoms with van der Waals surface area (Å²) in [5.41, 5.74) is 1.71. The molecule has 4 rings (SSSR count). The van der Waals surface area contributed by atoms with E-state index in [4.69, 9.17) is 4.42 Å². The minimum atomic E-state index is -0.265. The van der Waals surface area contributed by atoms with Crippen LogP contribution in [0.25, 0.3) is 11.1 Å². The molecule has 2 saturated heterocycles. The maximum Gasteiger partial charge on any atom is 0.245 e. The molecule has 0 spiro atoms. The van der Waals surface area contributed by atoms with E-state index in [1.807, 2.05) is 29.2 Å². The summed E-state index contributed by atoms with van der Waals surface area (Å²) in [5.74, 6) is 1.13. The van der Waals surface area contributed by atoms with E-state index in [0.29, 0.717) is 19.6 Å². The predicted molar refractivity (Wildman–Crippen MR) is 93.0 cm³/mol. The van der Waals surface area contributed by atoms with Crippen LogP contribution in [0.15, 0.2) is 28.7 Å². The van der Waals surface area contributed by atoms with E-state index in [-0.39, 0.29) is 23.8 Å². The van der Waals surface area contributed by atoms with Gasteiger partial charge in [0.2, 0.25) is 11.8 Å². The Labute approximate surface area is 146 Å². The second-order valence-corrected chi connectivity index (χ2v) is 6.99. The number of amides is 2. The van der Waals surface area contributed by atoms with Crippen LogP contribution < -0.4 is 0 Å². The Hall–Kier alpha value is -2.37. The standard InChI is InChI=1S/C19H23N3O3/c1-13(23)22-10-4-6-16(22)19(24)21-11-8-14(9-12-21)18-20-15-5-2-3-7-17(15)25-18/h2-3,5,7,14,16H,4,6,8-12H2,1H3/t16-/m1/s1. The number of piperidine rings is 1. The fourth-order valence-electron chi connectivity index (χ4n) is 4.02. The van der Waals surface area contributed by atoms with E-state index < -0.39 is 0 Å². The average molecular weight is 341 g/mol. The van der Waals surface area contributed by atoms with Crippen molar-refractivity contribution in [3.05, 3.63) is 30.2 Å². The topological polar surface area (TPSA) is 66.7 Å². The highest BCUT2D eigenvalue weighted by atomic mass is 16.3. The second-order valence-electron chi connectivity index (χ2n) is 6.99. The first-order valence-corrected chi connectivity index (χ1v) is 9.05. The first-order valence-electron chi connectivity index (χ1n) is 9.05. The van der Waals surface area contributed by atoms with Crippen LogP contribution in [0.1, 0.15) is 44.4 Å². The van der Waals surface area contributed by atoms with Crippen LogP contribution in [0.4, 0.5) is 0 Å². The molecule has 2 aromatic rings. The molecule has 6 heteroatoms. The number of aromatic nitrogens is 1. The molecule has 6 nitrogen and oxygen atoms in total. The van der Waals surface area contributed by atoms with Crippen molar-refractivity contribution in [1.29, 1.82) is 0 Å². The lowest BCUT2D eigenvalue weighted by Gasteiger charge is -2.34. The summed E-state index contributed by atoms with van der Waals surface area (Å²) in [5, 5.41) is 0. The lowest BCUT2D eigenvalue weighted by atomic mass is 9.96. The van der Waals surface area contributed by atoms with Gasteiger partial charge in [0, 0.05) is 32.5 Å². The van der Waals surface area contributed by atoms with Crippen molar-refractivity contribution in [2.24, 2.45) is 0 Å². The molecule has 3 heterocycles. The third-order valence-corrected chi connectivity index (χ3v) is 5.41. The van der Waals surface area contributed by atoms with Gasteiger partial charge in [-0.05, 0) is 37.8 Å². The van der Waals surface area contributed by atoms with Gasteiger partial charge >= 0.3 is 0 Å². The van der Waals surface area contributed by atoms with Crippen molar-refractivity contribution < 1.29 is 14.0 Å². The number of rotatable bonds is 2. The number of carbonyl (C=O) groups is 2. The van der Waals surface area contributed by atoms with Crippen molar-refractivity contribution in [3.8, 4) is 0 Å². The smallest absolute Gasteiger partial charge is 0.245 e. The molecule has 2 fully saturated rings. The van der Waals surface area contributed by atoms with Gasteiger partial charge in [-0.25, -0.2) is 4.98 Å². The molecule has 2 aliphatic heterocycles. The van der Waals surface area contributed by atoms with Gasteiger partial charge in [-0.2, -0.15) is 0 Å². The molecule has 0 N–H and O–H groups in total. The van der Waals surface area contributed by atoms with E-state index in [0.717, 1.165) is 42.7 Å². The van der Waals surface area contributed by atoms with Crippen LogP contribution in [0.2, 0.25) is 0 Å². The SMILES string of the molecule is CC(=O)N1CCC[C@@H]1C(=O)N1CCC(c2nc3ccccc3o2)CC1. The van der Waals surface area contributed by atoms with E-state index >= 15 is 0 Å². The zero-order valence-corrected chi connectivity index (χ0v) is 14.5. The largest absolute Gasteiger partial charge is 0.440 e. The zero-order chi connectivity index (χ0) is 17.4. The molecule has 1 atom stereocenters. The van der Waals surface area contributed by atoms with Gasteiger partial charge in [-0.15, -0.1) is 0 Å². The Morgan fingerprint density at radius 3 is 2.60 bits per heavy atom. The minimum absolute atomic E-state index is 0.00258. The van der Waals surface area contributed by atoms with Crippen molar-refractivity contribution in [3.63, 3.8) is 0 Å². The number of oxazole rings is 1. The van der Waals surface area contributed by atoms with Crippen LogP contribution in [0.5, 0.6) is 0 Å². The van der Waals surface area contributed by atoms with Crippen LogP contribution in [0.3, 0.4) is 0 Å². The molecule has 2 amide bonds. The summed E-state index contributed by atoms with van der Waals surface area (Å²) in [7, 11) is 0. The van der Waals surface area contributed by atoms with E-state index in [2.05, 4.69) is 4.98 Å². The molecule has 1 aromatic heterocycles. The Morgan fingerprint density at radius 2 is 1.88 bits per heavy atom. The van der Waals surface area contributed by atoms with Gasteiger partial charge in [0.05, 0.1) is 0 Å². The Bertz CT molecular complexity index is 759. The van der Waals surface area contributed by atoms with E-state index in [1.54, 1.807) is 11.8 Å². The lowest BCUT2D eigenvalue weighted by molar-refractivity contribution is -0.143. The van der Waals surface area contributed by atoms with Gasteiger partial charge in [0.15, 0.2) is 11.5 Å². The summed E-state index contributed by atoms with van der Waals surface area (Å²) >= 11 is 0. The van der Waals surface area contributed by atoms with Crippen LogP contribution in [0, 0.1) is 0 Å². The third-order valence-electron chi connectivity index (χ3n) is 5.41. The normalized spacial score (nSPS) is 21.9. The van der Waals surface area contributed by atoms with Gasteiger partial charge in [0.1, 0.15) is 11.6 Å². The maximum absolute atomic E-state index is 12.8. The number of fused-ring (bicyclic) bond motifs is 1. The van der Waals surface area contributed by atoms with Gasteiger partial charge in [-0.3, -0.25) is 9.59 Å². The first-order chi connectivity index (χ1) is 12.1. The van der Waals surface area contributed by atoms with Crippen LogP contribution in [-0.2, 0) is 9.59 Å². The van der Waals surface area contributed by atoms with Gasteiger partial charge in [0.25, 0.3) is 0 Å². The molecule has 0 saturated carbocycles. The molecule has 0 radical (unpaired) electrons. The monoisotopic (exact) mass is 341 g/mol. The molecular formula is C19H23N3O3. The lowest BCUT2D eigenvalue weighted by Crippen LogP contribution is -2.49. The van der Waals surface area contributed by atoms with Crippen molar-refractivity contribution >= 4 is 22.9 Å². The molecule has 1 aromatic carbocycles. The first kappa shape index (κ1) is 16.1. The number of hydrogen-bond donors (Lipinski definition) is 0. The highest BCUT2D eigenvalue weighted by Crippen LogP contribution is 2.31. The molecule has 0 bridgehead atoms. The summed E-state index contributed by atoms with van der Waals surface area (Å²) in [4.78, 5) is 32.7. The molecule has 25 heavy (non-hydrogen) atoms. The van der Waals surface area contributed by atoms with Crippen molar-refractivity contribution in [2.45, 2.75) is 44.6 Å². The highest BCUT2D eigenvalue weighted by molar-refractivity contribution is 5.87. The summed E-state index contributed by atoms with van der Waals surface area (Å²) in [6.45, 7) is 3.64. The summed E-state index contributed by atoms with van der Waals surface area (Å²) in [6.07, 6.45) is 3.40. The molecule has 0 aliphatic carbocycles. The molecule has 132 valence electrons. The Kier molecular flexibility index (Phi) is 4.19. The number of carbonyl (C=O) groups excluding carboxylic acids is 2. The molecular weight excluding hydrogens is 318 g/mol. The summed E-state index contributed by atoms with van der Waals surface area (Å²) < 4.78 is 5.88. The van der Waals surface area contributed by atoms with E-state index in [9.17, 15) is 9.59 Å². The number of nitrogens with zero attached hydrogens (tertiary/aromatic N) is 3. The number of benzene rings is 1. The van der Waals surface area contributed by atoms with Gasteiger partial charge < -0.3 is 14.2 Å². The van der Waals surface area contributed by atoms with Crippen molar-refractivity contribution in [1.82, 2.24) is 14.8 Å². The number of hydrogen-bond acceptors (Lipinski definition) is 4. The van der Waals surface area contributed by atoms with Crippen molar-refractivity contribution in [2.75, 3.05) is 19.6 Å². The number of likely N-dealkylation sites (tertiary alicyclic amines) is 2. The molecule has 2 aliphatic rings. The zero-order valence-electron chi connectivity index (χ0n) is 14.5.